The average Bonchev–Trinajstić information content (AvgIpc) is 3.10. The van der Waals surface area contributed by atoms with Gasteiger partial charge in [0.2, 0.25) is 0 Å². The number of anilines is 1. The molecule has 31 heavy (non-hydrogen) atoms. The van der Waals surface area contributed by atoms with Crippen molar-refractivity contribution in [3.05, 3.63) is 72.0 Å². The number of carbonyl (C=O) groups is 2. The maximum absolute atomic E-state index is 13.7. The van der Waals surface area contributed by atoms with Crippen LogP contribution in [0, 0.1) is 5.82 Å². The van der Waals surface area contributed by atoms with Gasteiger partial charge < -0.3 is 19.4 Å². The van der Waals surface area contributed by atoms with Crippen molar-refractivity contribution < 1.29 is 23.5 Å². The van der Waals surface area contributed by atoms with Gasteiger partial charge in [0.05, 0.1) is 12.7 Å². The highest BCUT2D eigenvalue weighted by Crippen LogP contribution is 2.31. The summed E-state index contributed by atoms with van der Waals surface area (Å²) >= 11 is 0. The van der Waals surface area contributed by atoms with Crippen LogP contribution in [0.5, 0.6) is 5.75 Å². The first kappa shape index (κ1) is 20.4. The molecule has 1 heterocycles. The van der Waals surface area contributed by atoms with Crippen molar-refractivity contribution >= 4 is 39.4 Å². The molecule has 0 bridgehead atoms. The average molecular weight is 420 g/mol. The van der Waals surface area contributed by atoms with Crippen LogP contribution in [-0.4, -0.2) is 30.2 Å². The van der Waals surface area contributed by atoms with E-state index in [9.17, 15) is 14.0 Å². The molecule has 0 unspecified atom stereocenters. The number of nitrogens with one attached hydrogen (secondary N) is 1. The Morgan fingerprint density at radius 1 is 1.00 bits per heavy atom. The molecule has 4 rings (SSSR count). The molecule has 0 fully saturated rings. The summed E-state index contributed by atoms with van der Waals surface area (Å²) in [6.07, 6.45) is 0. The number of hydrogen-bond donors (Lipinski definition) is 1. The van der Waals surface area contributed by atoms with E-state index in [4.69, 9.17) is 9.47 Å². The molecule has 0 aliphatic heterocycles. The van der Waals surface area contributed by atoms with Crippen LogP contribution in [0.1, 0.15) is 17.3 Å². The van der Waals surface area contributed by atoms with Crippen molar-refractivity contribution in [1.29, 1.82) is 0 Å². The highest BCUT2D eigenvalue weighted by atomic mass is 19.1. The summed E-state index contributed by atoms with van der Waals surface area (Å²) in [7, 11) is 1.33. The third kappa shape index (κ3) is 3.94. The summed E-state index contributed by atoms with van der Waals surface area (Å²) in [5.41, 5.74) is 2.81. The lowest BCUT2D eigenvalue weighted by Crippen LogP contribution is -2.21. The lowest BCUT2D eigenvalue weighted by molar-refractivity contribution is -0.119. The van der Waals surface area contributed by atoms with Crippen molar-refractivity contribution in [2.45, 2.75) is 13.5 Å². The van der Waals surface area contributed by atoms with Gasteiger partial charge in [-0.25, -0.2) is 9.18 Å². The maximum Gasteiger partial charge on any atom is 0.338 e. The second-order valence-corrected chi connectivity index (χ2v) is 6.97. The summed E-state index contributed by atoms with van der Waals surface area (Å²) in [6, 6.07) is 17.5. The van der Waals surface area contributed by atoms with Gasteiger partial charge in [0, 0.05) is 34.0 Å². The summed E-state index contributed by atoms with van der Waals surface area (Å²) < 4.78 is 25.8. The Morgan fingerprint density at radius 3 is 2.52 bits per heavy atom. The first-order valence-corrected chi connectivity index (χ1v) is 9.83. The van der Waals surface area contributed by atoms with E-state index in [-0.39, 0.29) is 11.3 Å². The monoisotopic (exact) mass is 420 g/mol. The minimum atomic E-state index is -0.793. The molecule has 7 heteroatoms. The third-order valence-corrected chi connectivity index (χ3v) is 5.09. The van der Waals surface area contributed by atoms with Gasteiger partial charge in [-0.3, -0.25) is 4.79 Å². The Labute approximate surface area is 178 Å². The Morgan fingerprint density at radius 2 is 1.77 bits per heavy atom. The smallest absolute Gasteiger partial charge is 0.338 e. The van der Waals surface area contributed by atoms with E-state index in [1.807, 2.05) is 36.4 Å². The Bertz CT molecular complexity index is 1300. The van der Waals surface area contributed by atoms with Gasteiger partial charge in [-0.05, 0) is 49.4 Å². The van der Waals surface area contributed by atoms with Gasteiger partial charge in [-0.1, -0.05) is 18.2 Å². The number of amides is 1. The standard InChI is InChI=1S/C24H21FN2O4/c1-3-27-20-7-5-4-6-17(20)18-13-16(9-10-21(18)27)26-23(28)14-31-24(29)15-8-11-22(30-2)19(25)12-15/h4-13H,3,14H2,1-2H3,(H,26,28). The number of ether oxygens (including phenoxy) is 2. The Hall–Kier alpha value is -3.87. The number of nitrogens with zero attached hydrogens (tertiary/aromatic N) is 1. The number of methoxy groups -OCH3 is 1. The van der Waals surface area contributed by atoms with Crippen LogP contribution in [0.2, 0.25) is 0 Å². The van der Waals surface area contributed by atoms with Crippen LogP contribution < -0.4 is 10.1 Å². The molecular formula is C24H21FN2O4. The first-order valence-electron chi connectivity index (χ1n) is 9.83. The molecule has 1 N–H and O–H groups in total. The largest absolute Gasteiger partial charge is 0.494 e. The molecule has 0 saturated carbocycles. The fourth-order valence-corrected chi connectivity index (χ4v) is 3.68. The van der Waals surface area contributed by atoms with E-state index in [0.717, 1.165) is 34.4 Å². The molecule has 0 aliphatic rings. The lowest BCUT2D eigenvalue weighted by atomic mass is 10.1. The number of aromatic nitrogens is 1. The van der Waals surface area contributed by atoms with E-state index >= 15 is 0 Å². The van der Waals surface area contributed by atoms with Gasteiger partial charge in [0.15, 0.2) is 18.2 Å². The minimum absolute atomic E-state index is 0.0000974. The topological polar surface area (TPSA) is 69.6 Å². The molecule has 158 valence electrons. The van der Waals surface area contributed by atoms with Crippen molar-refractivity contribution in [2.75, 3.05) is 19.0 Å². The highest BCUT2D eigenvalue weighted by molar-refractivity contribution is 6.10. The molecule has 0 spiro atoms. The van der Waals surface area contributed by atoms with Crippen molar-refractivity contribution in [2.24, 2.45) is 0 Å². The van der Waals surface area contributed by atoms with Gasteiger partial charge in [-0.2, -0.15) is 0 Å². The Balaban J connectivity index is 1.47. The molecule has 0 atom stereocenters. The number of para-hydroxylation sites is 1. The third-order valence-electron chi connectivity index (χ3n) is 5.09. The first-order chi connectivity index (χ1) is 15.0. The van der Waals surface area contributed by atoms with Crippen molar-refractivity contribution in [3.63, 3.8) is 0 Å². The number of carbonyl (C=O) groups excluding carboxylic acids is 2. The van der Waals surface area contributed by atoms with E-state index in [1.54, 1.807) is 0 Å². The second-order valence-electron chi connectivity index (χ2n) is 6.97. The fraction of sp³-hybridized carbons (Fsp3) is 0.167. The number of esters is 1. The predicted molar refractivity (Wildman–Crippen MR) is 117 cm³/mol. The van der Waals surface area contributed by atoms with E-state index in [1.165, 1.54) is 19.2 Å². The van der Waals surface area contributed by atoms with E-state index in [2.05, 4.69) is 22.9 Å². The number of rotatable bonds is 6. The summed E-state index contributed by atoms with van der Waals surface area (Å²) in [5, 5.41) is 4.87. The van der Waals surface area contributed by atoms with Crippen LogP contribution >= 0.6 is 0 Å². The summed E-state index contributed by atoms with van der Waals surface area (Å²) in [4.78, 5) is 24.4. The van der Waals surface area contributed by atoms with Crippen LogP contribution in [0.15, 0.2) is 60.7 Å². The molecular weight excluding hydrogens is 399 g/mol. The quantitative estimate of drug-likeness (QED) is 0.457. The molecule has 1 aromatic heterocycles. The van der Waals surface area contributed by atoms with Crippen molar-refractivity contribution in [1.82, 2.24) is 4.57 Å². The van der Waals surface area contributed by atoms with Gasteiger partial charge in [0.25, 0.3) is 5.91 Å². The van der Waals surface area contributed by atoms with Crippen LogP contribution in [0.3, 0.4) is 0 Å². The van der Waals surface area contributed by atoms with Gasteiger partial charge in [0.1, 0.15) is 0 Å². The normalized spacial score (nSPS) is 10.9. The van der Waals surface area contributed by atoms with E-state index < -0.39 is 24.3 Å². The zero-order valence-corrected chi connectivity index (χ0v) is 17.1. The number of halogens is 1. The minimum Gasteiger partial charge on any atom is -0.494 e. The summed E-state index contributed by atoms with van der Waals surface area (Å²) in [5.74, 6) is -1.94. The number of aryl methyl sites for hydroxylation is 1. The maximum atomic E-state index is 13.7. The fourth-order valence-electron chi connectivity index (χ4n) is 3.68. The molecule has 3 aromatic carbocycles. The van der Waals surface area contributed by atoms with Crippen LogP contribution in [0.25, 0.3) is 21.8 Å². The molecule has 1 amide bonds. The van der Waals surface area contributed by atoms with Crippen LogP contribution in [-0.2, 0) is 16.1 Å². The van der Waals surface area contributed by atoms with Gasteiger partial charge >= 0.3 is 5.97 Å². The zero-order chi connectivity index (χ0) is 22.0. The lowest BCUT2D eigenvalue weighted by Gasteiger charge is -2.08. The van der Waals surface area contributed by atoms with Crippen LogP contribution in [0.4, 0.5) is 10.1 Å². The molecule has 0 aliphatic carbocycles. The SMILES string of the molecule is CCn1c2ccccc2c2cc(NC(=O)COC(=O)c3ccc(OC)c(F)c3)ccc21. The highest BCUT2D eigenvalue weighted by Gasteiger charge is 2.14. The molecule has 4 aromatic rings. The second kappa shape index (κ2) is 8.47. The zero-order valence-electron chi connectivity index (χ0n) is 17.1. The molecule has 0 saturated heterocycles. The summed E-state index contributed by atoms with van der Waals surface area (Å²) in [6.45, 7) is 2.43. The van der Waals surface area contributed by atoms with E-state index in [0.29, 0.717) is 5.69 Å². The van der Waals surface area contributed by atoms with Gasteiger partial charge in [-0.15, -0.1) is 0 Å². The number of fused-ring (bicyclic) bond motifs is 3. The Kier molecular flexibility index (Phi) is 5.58. The van der Waals surface area contributed by atoms with Crippen molar-refractivity contribution in [3.8, 4) is 5.75 Å². The molecule has 0 radical (unpaired) electrons. The predicted octanol–water partition coefficient (Wildman–Crippen LogP) is 4.76. The number of benzene rings is 3. The number of hydrogen-bond acceptors (Lipinski definition) is 4. The molecule has 6 nitrogen and oxygen atoms in total.